The topological polar surface area (TPSA) is 83.6 Å². The summed E-state index contributed by atoms with van der Waals surface area (Å²) in [6, 6.07) is 15.7. The highest BCUT2D eigenvalue weighted by Gasteiger charge is 2.25. The van der Waals surface area contributed by atoms with E-state index in [0.29, 0.717) is 12.2 Å². The molecule has 6 heteroatoms. The molecule has 2 N–H and O–H groups in total. The first-order chi connectivity index (χ1) is 11.6. The van der Waals surface area contributed by atoms with E-state index in [4.69, 9.17) is 0 Å². The van der Waals surface area contributed by atoms with Crippen molar-refractivity contribution in [3.8, 4) is 0 Å². The Hall–Kier alpha value is -3.02. The second-order valence-corrected chi connectivity index (χ2v) is 5.87. The lowest BCUT2D eigenvalue weighted by atomic mass is 9.96. The minimum Gasteiger partial charge on any atom is -0.325 e. The SMILES string of the molecule is Cc1ccc(NC(=O)[C@@H](Cc2cccc(C)c2)c2nn[nH]n2)cc1. The number of anilines is 1. The predicted octanol–water partition coefficient (Wildman–Crippen LogP) is 2.78. The molecule has 0 aliphatic rings. The maximum absolute atomic E-state index is 12.8. The van der Waals surface area contributed by atoms with E-state index in [0.717, 1.165) is 22.4 Å². The molecule has 122 valence electrons. The molecule has 0 bridgehead atoms. The van der Waals surface area contributed by atoms with Gasteiger partial charge < -0.3 is 5.32 Å². The van der Waals surface area contributed by atoms with Crippen LogP contribution >= 0.6 is 0 Å². The normalized spacial score (nSPS) is 11.9. The van der Waals surface area contributed by atoms with Crippen LogP contribution in [-0.2, 0) is 11.2 Å². The van der Waals surface area contributed by atoms with Gasteiger partial charge in [0.2, 0.25) is 5.91 Å². The molecule has 24 heavy (non-hydrogen) atoms. The zero-order valence-electron chi connectivity index (χ0n) is 13.7. The lowest BCUT2D eigenvalue weighted by Crippen LogP contribution is -2.24. The predicted molar refractivity (Wildman–Crippen MR) is 91.6 cm³/mol. The van der Waals surface area contributed by atoms with Crippen LogP contribution in [0.25, 0.3) is 0 Å². The van der Waals surface area contributed by atoms with Crippen LogP contribution in [-0.4, -0.2) is 26.5 Å². The summed E-state index contributed by atoms with van der Waals surface area (Å²) < 4.78 is 0. The maximum Gasteiger partial charge on any atom is 0.235 e. The van der Waals surface area contributed by atoms with E-state index in [2.05, 4.69) is 32.0 Å². The summed E-state index contributed by atoms with van der Waals surface area (Å²) in [6.07, 6.45) is 0.513. The number of hydrogen-bond acceptors (Lipinski definition) is 4. The average molecular weight is 321 g/mol. The van der Waals surface area contributed by atoms with E-state index in [-0.39, 0.29) is 5.91 Å². The highest BCUT2D eigenvalue weighted by atomic mass is 16.1. The Morgan fingerprint density at radius 1 is 1.12 bits per heavy atom. The number of benzene rings is 2. The number of carbonyl (C=O) groups is 1. The van der Waals surface area contributed by atoms with Gasteiger partial charge in [-0.05, 0) is 38.0 Å². The molecule has 0 saturated carbocycles. The summed E-state index contributed by atoms with van der Waals surface area (Å²) in [5, 5.41) is 16.9. The highest BCUT2D eigenvalue weighted by Crippen LogP contribution is 2.20. The average Bonchev–Trinajstić information content (AvgIpc) is 3.09. The van der Waals surface area contributed by atoms with Crippen LogP contribution in [0.5, 0.6) is 0 Å². The minimum atomic E-state index is -0.508. The first-order valence-electron chi connectivity index (χ1n) is 7.78. The van der Waals surface area contributed by atoms with Crippen molar-refractivity contribution in [3.63, 3.8) is 0 Å². The molecule has 6 nitrogen and oxygen atoms in total. The number of aromatic nitrogens is 4. The molecule has 2 aromatic carbocycles. The Morgan fingerprint density at radius 3 is 2.58 bits per heavy atom. The van der Waals surface area contributed by atoms with Crippen molar-refractivity contribution < 1.29 is 4.79 Å². The van der Waals surface area contributed by atoms with E-state index in [9.17, 15) is 4.79 Å². The van der Waals surface area contributed by atoms with Crippen LogP contribution in [0, 0.1) is 13.8 Å². The Bertz CT molecular complexity index is 812. The van der Waals surface area contributed by atoms with Crippen LogP contribution < -0.4 is 5.32 Å². The second-order valence-electron chi connectivity index (χ2n) is 5.87. The molecule has 0 radical (unpaired) electrons. The maximum atomic E-state index is 12.8. The fourth-order valence-electron chi connectivity index (χ4n) is 2.56. The Labute approximate surface area is 140 Å². The molecular formula is C18H19N5O. The molecule has 1 atom stereocenters. The standard InChI is InChI=1S/C18H19N5O/c1-12-6-8-15(9-7-12)19-18(24)16(17-20-22-23-21-17)11-14-5-3-4-13(2)10-14/h3-10,16H,11H2,1-2H3,(H,19,24)(H,20,21,22,23)/t16-/m0/s1. The van der Waals surface area contributed by atoms with Crippen molar-refractivity contribution in [1.82, 2.24) is 20.6 Å². The molecular weight excluding hydrogens is 302 g/mol. The van der Waals surface area contributed by atoms with Gasteiger partial charge in [0.05, 0.1) is 0 Å². The van der Waals surface area contributed by atoms with Crippen molar-refractivity contribution in [3.05, 3.63) is 71.0 Å². The summed E-state index contributed by atoms with van der Waals surface area (Å²) in [4.78, 5) is 12.8. The van der Waals surface area contributed by atoms with Gasteiger partial charge in [-0.25, -0.2) is 0 Å². The van der Waals surface area contributed by atoms with Gasteiger partial charge in [-0.3, -0.25) is 4.79 Å². The van der Waals surface area contributed by atoms with Crippen molar-refractivity contribution in [2.24, 2.45) is 0 Å². The first-order valence-corrected chi connectivity index (χ1v) is 7.78. The van der Waals surface area contributed by atoms with Crippen molar-refractivity contribution in [2.45, 2.75) is 26.2 Å². The number of tetrazole rings is 1. The monoisotopic (exact) mass is 321 g/mol. The first kappa shape index (κ1) is 15.9. The smallest absolute Gasteiger partial charge is 0.235 e. The van der Waals surface area contributed by atoms with Crippen molar-refractivity contribution in [2.75, 3.05) is 5.32 Å². The van der Waals surface area contributed by atoms with Gasteiger partial charge in [0, 0.05) is 5.69 Å². The summed E-state index contributed by atoms with van der Waals surface area (Å²) >= 11 is 0. The van der Waals surface area contributed by atoms with E-state index in [1.54, 1.807) is 0 Å². The molecule has 0 aliphatic carbocycles. The largest absolute Gasteiger partial charge is 0.325 e. The minimum absolute atomic E-state index is 0.151. The van der Waals surface area contributed by atoms with Crippen molar-refractivity contribution in [1.29, 1.82) is 0 Å². The van der Waals surface area contributed by atoms with E-state index in [1.165, 1.54) is 0 Å². The number of carbonyl (C=O) groups excluding carboxylic acids is 1. The van der Waals surface area contributed by atoms with Gasteiger partial charge in [-0.2, -0.15) is 5.21 Å². The van der Waals surface area contributed by atoms with Crippen molar-refractivity contribution >= 4 is 11.6 Å². The van der Waals surface area contributed by atoms with Crippen LogP contribution in [0.4, 0.5) is 5.69 Å². The van der Waals surface area contributed by atoms with Gasteiger partial charge in [0.1, 0.15) is 5.92 Å². The van der Waals surface area contributed by atoms with Crippen LogP contribution in [0.1, 0.15) is 28.4 Å². The third-order valence-electron chi connectivity index (χ3n) is 3.83. The Morgan fingerprint density at radius 2 is 1.92 bits per heavy atom. The number of nitrogens with zero attached hydrogens (tertiary/aromatic N) is 3. The summed E-state index contributed by atoms with van der Waals surface area (Å²) in [7, 11) is 0. The summed E-state index contributed by atoms with van der Waals surface area (Å²) in [5.74, 6) is -0.269. The fourth-order valence-corrected chi connectivity index (χ4v) is 2.56. The molecule has 0 spiro atoms. The van der Waals surface area contributed by atoms with Crippen LogP contribution in [0.15, 0.2) is 48.5 Å². The molecule has 3 aromatic rings. The summed E-state index contributed by atoms with van der Waals surface area (Å²) in [5.41, 5.74) is 4.10. The van der Waals surface area contributed by atoms with E-state index in [1.807, 2.05) is 56.3 Å². The van der Waals surface area contributed by atoms with Gasteiger partial charge in [0.15, 0.2) is 5.82 Å². The third-order valence-corrected chi connectivity index (χ3v) is 3.83. The number of aryl methyl sites for hydroxylation is 2. The lowest BCUT2D eigenvalue weighted by Gasteiger charge is -2.14. The quantitative estimate of drug-likeness (QED) is 0.757. The lowest BCUT2D eigenvalue weighted by molar-refractivity contribution is -0.117. The zero-order valence-corrected chi connectivity index (χ0v) is 13.7. The Kier molecular flexibility index (Phi) is 4.65. The van der Waals surface area contributed by atoms with Gasteiger partial charge >= 0.3 is 0 Å². The van der Waals surface area contributed by atoms with Gasteiger partial charge in [0.25, 0.3) is 0 Å². The molecule has 3 rings (SSSR count). The number of amides is 1. The Balaban J connectivity index is 1.82. The number of H-pyrrole nitrogens is 1. The number of nitrogens with one attached hydrogen (secondary N) is 2. The molecule has 0 aliphatic heterocycles. The fraction of sp³-hybridized carbons (Fsp3) is 0.222. The number of hydrogen-bond donors (Lipinski definition) is 2. The molecule has 0 unspecified atom stereocenters. The van der Waals surface area contributed by atoms with E-state index >= 15 is 0 Å². The third kappa shape index (κ3) is 3.84. The molecule has 1 heterocycles. The van der Waals surface area contributed by atoms with E-state index < -0.39 is 5.92 Å². The summed E-state index contributed by atoms with van der Waals surface area (Å²) in [6.45, 7) is 4.03. The zero-order chi connectivity index (χ0) is 16.9. The van der Waals surface area contributed by atoms with Gasteiger partial charge in [-0.15, -0.1) is 10.2 Å². The molecule has 0 saturated heterocycles. The number of aromatic amines is 1. The highest BCUT2D eigenvalue weighted by molar-refractivity contribution is 5.95. The van der Waals surface area contributed by atoms with Gasteiger partial charge in [-0.1, -0.05) is 52.7 Å². The van der Waals surface area contributed by atoms with Crippen LogP contribution in [0.2, 0.25) is 0 Å². The van der Waals surface area contributed by atoms with Crippen LogP contribution in [0.3, 0.4) is 0 Å². The molecule has 0 fully saturated rings. The molecule has 1 amide bonds. The molecule has 1 aromatic heterocycles. The second kappa shape index (κ2) is 7.04. The number of rotatable bonds is 5.